The summed E-state index contributed by atoms with van der Waals surface area (Å²) in [5.74, 6) is -1.78. The largest absolute Gasteiger partial charge is 0.573 e. The summed E-state index contributed by atoms with van der Waals surface area (Å²) >= 11 is 0. The van der Waals surface area contributed by atoms with Gasteiger partial charge in [-0.15, -0.1) is 13.2 Å². The lowest BCUT2D eigenvalue weighted by molar-refractivity contribution is -0.274. The van der Waals surface area contributed by atoms with Crippen molar-refractivity contribution in [2.45, 2.75) is 19.7 Å². The summed E-state index contributed by atoms with van der Waals surface area (Å²) in [7, 11) is 0. The van der Waals surface area contributed by atoms with Crippen molar-refractivity contribution in [2.24, 2.45) is 0 Å². The van der Waals surface area contributed by atoms with Crippen molar-refractivity contribution in [1.82, 2.24) is 5.16 Å². The maximum absolute atomic E-state index is 12.4. The molecule has 1 aromatic heterocycles. The van der Waals surface area contributed by atoms with E-state index in [1.54, 1.807) is 6.92 Å². The Balaban J connectivity index is 2.58. The van der Waals surface area contributed by atoms with E-state index in [0.717, 1.165) is 6.07 Å². The minimum Gasteiger partial charge on any atom is -0.477 e. The third-order valence-electron chi connectivity index (χ3n) is 2.67. The fourth-order valence-electron chi connectivity index (χ4n) is 1.85. The van der Waals surface area contributed by atoms with Gasteiger partial charge in [0.1, 0.15) is 17.0 Å². The Morgan fingerprint density at radius 1 is 1.38 bits per heavy atom. The molecule has 0 saturated carbocycles. The van der Waals surface area contributed by atoms with Crippen LogP contribution in [0.4, 0.5) is 13.2 Å². The smallest absolute Gasteiger partial charge is 0.477 e. The molecule has 0 fully saturated rings. The number of aromatic carboxylic acids is 1. The van der Waals surface area contributed by atoms with E-state index < -0.39 is 18.1 Å². The Morgan fingerprint density at radius 2 is 2.05 bits per heavy atom. The SMILES string of the molecule is CCc1onc(-c2ccccc2OC(F)(F)F)c1C(=O)O. The number of carboxylic acid groups (broad SMARTS) is 1. The summed E-state index contributed by atoms with van der Waals surface area (Å²) in [5, 5.41) is 12.8. The zero-order valence-electron chi connectivity index (χ0n) is 10.8. The second-order valence-corrected chi connectivity index (χ2v) is 4.03. The predicted octanol–water partition coefficient (Wildman–Crippen LogP) is 3.50. The second kappa shape index (κ2) is 5.47. The molecule has 1 heterocycles. The van der Waals surface area contributed by atoms with Crippen molar-refractivity contribution < 1.29 is 32.3 Å². The summed E-state index contributed by atoms with van der Waals surface area (Å²) < 4.78 is 45.9. The minimum atomic E-state index is -4.89. The molecule has 0 atom stereocenters. The number of nitrogens with zero attached hydrogens (tertiary/aromatic N) is 1. The first kappa shape index (κ1) is 14.9. The van der Waals surface area contributed by atoms with Crippen molar-refractivity contribution in [2.75, 3.05) is 0 Å². The van der Waals surface area contributed by atoms with Crippen molar-refractivity contribution in [3.63, 3.8) is 0 Å². The zero-order chi connectivity index (χ0) is 15.6. The number of ether oxygens (including phenoxy) is 1. The van der Waals surface area contributed by atoms with Gasteiger partial charge in [0, 0.05) is 12.0 Å². The highest BCUT2D eigenvalue weighted by molar-refractivity contribution is 5.96. The first-order valence-corrected chi connectivity index (χ1v) is 5.90. The Morgan fingerprint density at radius 3 is 2.62 bits per heavy atom. The van der Waals surface area contributed by atoms with Gasteiger partial charge in [0.25, 0.3) is 0 Å². The van der Waals surface area contributed by atoms with E-state index in [-0.39, 0.29) is 29.0 Å². The minimum absolute atomic E-state index is 0.0827. The third kappa shape index (κ3) is 3.15. The lowest BCUT2D eigenvalue weighted by Gasteiger charge is -2.11. The predicted molar refractivity (Wildman–Crippen MR) is 65.0 cm³/mol. The molecule has 21 heavy (non-hydrogen) atoms. The molecular formula is C13H10F3NO4. The van der Waals surface area contributed by atoms with Crippen LogP contribution in [0.1, 0.15) is 23.0 Å². The molecule has 0 saturated heterocycles. The monoisotopic (exact) mass is 301 g/mol. The van der Waals surface area contributed by atoms with Crippen LogP contribution in [0.25, 0.3) is 11.3 Å². The maximum Gasteiger partial charge on any atom is 0.573 e. The van der Waals surface area contributed by atoms with Gasteiger partial charge < -0.3 is 14.4 Å². The molecule has 0 aliphatic heterocycles. The molecular weight excluding hydrogens is 291 g/mol. The van der Waals surface area contributed by atoms with Crippen LogP contribution in [0, 0.1) is 0 Å². The Labute approximate surface area is 116 Å². The quantitative estimate of drug-likeness (QED) is 0.935. The van der Waals surface area contributed by atoms with Crippen LogP contribution in [0.2, 0.25) is 0 Å². The number of para-hydroxylation sites is 1. The maximum atomic E-state index is 12.4. The van der Waals surface area contributed by atoms with E-state index in [2.05, 4.69) is 9.89 Å². The van der Waals surface area contributed by atoms with Crippen LogP contribution in [-0.2, 0) is 6.42 Å². The van der Waals surface area contributed by atoms with Crippen LogP contribution >= 0.6 is 0 Å². The molecule has 112 valence electrons. The number of hydrogen-bond donors (Lipinski definition) is 1. The fourth-order valence-corrected chi connectivity index (χ4v) is 1.85. The molecule has 0 bridgehead atoms. The van der Waals surface area contributed by atoms with Gasteiger partial charge in [-0.1, -0.05) is 24.2 Å². The number of hydrogen-bond acceptors (Lipinski definition) is 4. The van der Waals surface area contributed by atoms with Crippen LogP contribution in [-0.4, -0.2) is 22.6 Å². The molecule has 0 spiro atoms. The van der Waals surface area contributed by atoms with Gasteiger partial charge in [-0.2, -0.15) is 0 Å². The van der Waals surface area contributed by atoms with E-state index in [0.29, 0.717) is 0 Å². The zero-order valence-corrected chi connectivity index (χ0v) is 10.8. The van der Waals surface area contributed by atoms with Crippen LogP contribution in [0.15, 0.2) is 28.8 Å². The van der Waals surface area contributed by atoms with Crippen molar-refractivity contribution in [3.05, 3.63) is 35.6 Å². The van der Waals surface area contributed by atoms with Gasteiger partial charge in [0.2, 0.25) is 0 Å². The van der Waals surface area contributed by atoms with E-state index in [1.807, 2.05) is 0 Å². The molecule has 1 N–H and O–H groups in total. The first-order valence-electron chi connectivity index (χ1n) is 5.90. The number of carboxylic acids is 1. The number of benzene rings is 1. The number of aromatic nitrogens is 1. The van der Waals surface area contributed by atoms with Crippen LogP contribution in [0.5, 0.6) is 5.75 Å². The van der Waals surface area contributed by atoms with Gasteiger partial charge in [-0.3, -0.25) is 0 Å². The van der Waals surface area contributed by atoms with E-state index in [4.69, 9.17) is 4.52 Å². The molecule has 0 aliphatic carbocycles. The highest BCUT2D eigenvalue weighted by Crippen LogP contribution is 2.35. The lowest BCUT2D eigenvalue weighted by Crippen LogP contribution is -2.17. The Kier molecular flexibility index (Phi) is 3.88. The van der Waals surface area contributed by atoms with Crippen molar-refractivity contribution in [1.29, 1.82) is 0 Å². The highest BCUT2D eigenvalue weighted by atomic mass is 19.4. The molecule has 1 aromatic carbocycles. The molecule has 0 amide bonds. The molecule has 2 aromatic rings. The summed E-state index contributed by atoms with van der Waals surface area (Å²) in [6, 6.07) is 5.15. The normalized spacial score (nSPS) is 11.4. The summed E-state index contributed by atoms with van der Waals surface area (Å²) in [4.78, 5) is 11.3. The van der Waals surface area contributed by atoms with E-state index in [1.165, 1.54) is 18.2 Å². The van der Waals surface area contributed by atoms with Crippen molar-refractivity contribution in [3.8, 4) is 17.0 Å². The van der Waals surface area contributed by atoms with E-state index in [9.17, 15) is 23.1 Å². The van der Waals surface area contributed by atoms with Gasteiger partial charge in [-0.05, 0) is 12.1 Å². The number of carbonyl (C=O) groups is 1. The average molecular weight is 301 g/mol. The van der Waals surface area contributed by atoms with Crippen molar-refractivity contribution >= 4 is 5.97 Å². The summed E-state index contributed by atoms with van der Waals surface area (Å²) in [6.45, 7) is 1.65. The molecule has 5 nitrogen and oxygen atoms in total. The number of halogens is 3. The van der Waals surface area contributed by atoms with E-state index >= 15 is 0 Å². The molecule has 0 unspecified atom stereocenters. The Bertz CT molecular complexity index is 664. The van der Waals surface area contributed by atoms with Gasteiger partial charge >= 0.3 is 12.3 Å². The fraction of sp³-hybridized carbons (Fsp3) is 0.231. The van der Waals surface area contributed by atoms with Gasteiger partial charge in [-0.25, -0.2) is 4.79 Å². The molecule has 8 heteroatoms. The van der Waals surface area contributed by atoms with Crippen LogP contribution < -0.4 is 4.74 Å². The highest BCUT2D eigenvalue weighted by Gasteiger charge is 2.33. The average Bonchev–Trinajstić information content (AvgIpc) is 2.81. The summed E-state index contributed by atoms with van der Waals surface area (Å²) in [6.07, 6.45) is -4.65. The molecule has 0 aliphatic rings. The number of aryl methyl sites for hydroxylation is 1. The lowest BCUT2D eigenvalue weighted by atomic mass is 10.0. The summed E-state index contributed by atoms with van der Waals surface area (Å²) in [5.41, 5.74) is -0.564. The first-order chi connectivity index (χ1) is 9.83. The van der Waals surface area contributed by atoms with Crippen LogP contribution in [0.3, 0.4) is 0 Å². The number of rotatable bonds is 4. The molecule has 0 radical (unpaired) electrons. The third-order valence-corrected chi connectivity index (χ3v) is 2.67. The second-order valence-electron chi connectivity index (χ2n) is 4.03. The molecule has 2 rings (SSSR count). The topological polar surface area (TPSA) is 72.6 Å². The van der Waals surface area contributed by atoms with Gasteiger partial charge in [0.05, 0.1) is 0 Å². The Hall–Kier alpha value is -2.51. The number of alkyl halides is 3. The van der Waals surface area contributed by atoms with Gasteiger partial charge in [0.15, 0.2) is 5.76 Å². The standard InChI is InChI=1S/C13H10F3NO4/c1-2-8-10(12(18)19)11(17-21-8)7-5-3-4-6-9(7)20-13(14,15)16/h3-6H,2H2,1H3,(H,18,19).